The van der Waals surface area contributed by atoms with Crippen LogP contribution in [0.1, 0.15) is 94.5 Å². The number of allylic oxidation sites excluding steroid dienone is 1. The van der Waals surface area contributed by atoms with Gasteiger partial charge in [0.25, 0.3) is 5.91 Å². The lowest BCUT2D eigenvalue weighted by atomic mass is 9.90. The molecule has 5 rings (SSSR count). The highest BCUT2D eigenvalue weighted by Crippen LogP contribution is 2.34. The van der Waals surface area contributed by atoms with Crippen molar-refractivity contribution in [2.45, 2.75) is 102 Å². The largest absolute Gasteiger partial charge is 0.351 e. The fraction of sp³-hybridized carbons (Fsp3) is 0.548. The van der Waals surface area contributed by atoms with Crippen LogP contribution in [0.4, 0.5) is 0 Å². The summed E-state index contributed by atoms with van der Waals surface area (Å²) < 4.78 is 2.08. The summed E-state index contributed by atoms with van der Waals surface area (Å²) in [4.78, 5) is 29.9. The Morgan fingerprint density at radius 1 is 0.944 bits per heavy atom. The number of fused-ring (bicyclic) bond motifs is 1. The molecule has 5 nitrogen and oxygen atoms in total. The van der Waals surface area contributed by atoms with E-state index in [-0.39, 0.29) is 17.9 Å². The van der Waals surface area contributed by atoms with Gasteiger partial charge in [0.15, 0.2) is 0 Å². The van der Waals surface area contributed by atoms with Crippen LogP contribution in [-0.4, -0.2) is 39.4 Å². The number of nitrogens with zero attached hydrogens (tertiary/aromatic N) is 2. The molecule has 2 aliphatic carbocycles. The number of amides is 2. The zero-order valence-corrected chi connectivity index (χ0v) is 21.8. The summed E-state index contributed by atoms with van der Waals surface area (Å²) in [5.74, 6) is -0.0347. The van der Waals surface area contributed by atoms with Crippen molar-refractivity contribution in [2.24, 2.45) is 0 Å². The lowest BCUT2D eigenvalue weighted by Gasteiger charge is -2.45. The molecule has 1 unspecified atom stereocenters. The summed E-state index contributed by atoms with van der Waals surface area (Å²) in [6.45, 7) is 3.05. The first-order chi connectivity index (χ1) is 17.6. The molecule has 1 N–H and O–H groups in total. The van der Waals surface area contributed by atoms with Crippen LogP contribution in [0.2, 0.25) is 0 Å². The van der Waals surface area contributed by atoms with Gasteiger partial charge in [-0.2, -0.15) is 0 Å². The van der Waals surface area contributed by atoms with Crippen molar-refractivity contribution < 1.29 is 9.59 Å². The minimum Gasteiger partial charge on any atom is -0.351 e. The second-order valence-corrected chi connectivity index (χ2v) is 11.2. The van der Waals surface area contributed by atoms with Crippen molar-refractivity contribution in [1.82, 2.24) is 14.8 Å². The molecule has 0 saturated heterocycles. The number of rotatable bonds is 6. The van der Waals surface area contributed by atoms with Gasteiger partial charge in [-0.3, -0.25) is 9.59 Å². The van der Waals surface area contributed by atoms with E-state index in [4.69, 9.17) is 0 Å². The molecule has 1 atom stereocenters. The van der Waals surface area contributed by atoms with E-state index in [0.717, 1.165) is 43.4 Å². The van der Waals surface area contributed by atoms with E-state index in [1.807, 2.05) is 42.2 Å². The Hall–Kier alpha value is -2.82. The molecule has 192 valence electrons. The summed E-state index contributed by atoms with van der Waals surface area (Å²) in [7, 11) is 0. The summed E-state index contributed by atoms with van der Waals surface area (Å²) in [6.07, 6.45) is 16.1. The first kappa shape index (κ1) is 24.9. The Morgan fingerprint density at radius 3 is 2.39 bits per heavy atom. The molecule has 0 bridgehead atoms. The van der Waals surface area contributed by atoms with E-state index in [2.05, 4.69) is 28.1 Å². The van der Waals surface area contributed by atoms with Gasteiger partial charge in [0.1, 0.15) is 11.2 Å². The molecule has 2 aromatic rings. The van der Waals surface area contributed by atoms with E-state index in [1.54, 1.807) is 0 Å². The third-order valence-electron chi connectivity index (χ3n) is 8.55. The number of benzene rings is 1. The third-order valence-corrected chi connectivity index (χ3v) is 8.55. The lowest BCUT2D eigenvalue weighted by Crippen LogP contribution is -2.65. The van der Waals surface area contributed by atoms with Crippen LogP contribution >= 0.6 is 0 Å². The molecule has 1 fully saturated rings. The van der Waals surface area contributed by atoms with Crippen LogP contribution in [-0.2, 0) is 11.3 Å². The molecule has 2 heterocycles. The van der Waals surface area contributed by atoms with Crippen molar-refractivity contribution in [3.8, 4) is 11.3 Å². The molecule has 5 heteroatoms. The molecular formula is C31H41N3O2. The van der Waals surface area contributed by atoms with Gasteiger partial charge in [-0.1, -0.05) is 74.1 Å². The quantitative estimate of drug-likeness (QED) is 0.474. The maximum atomic E-state index is 14.0. The van der Waals surface area contributed by atoms with Gasteiger partial charge < -0.3 is 14.8 Å². The van der Waals surface area contributed by atoms with Crippen LogP contribution in [0.25, 0.3) is 11.3 Å². The van der Waals surface area contributed by atoms with Crippen LogP contribution in [0.5, 0.6) is 0 Å². The van der Waals surface area contributed by atoms with Crippen LogP contribution in [0, 0.1) is 0 Å². The second kappa shape index (κ2) is 11.1. The van der Waals surface area contributed by atoms with Crippen molar-refractivity contribution in [2.75, 3.05) is 6.54 Å². The Kier molecular flexibility index (Phi) is 7.64. The molecule has 1 aliphatic heterocycles. The topological polar surface area (TPSA) is 54.3 Å². The smallest absolute Gasteiger partial charge is 0.271 e. The fourth-order valence-corrected chi connectivity index (χ4v) is 6.31. The maximum absolute atomic E-state index is 14.0. The maximum Gasteiger partial charge on any atom is 0.271 e. The predicted molar refractivity (Wildman–Crippen MR) is 145 cm³/mol. The number of carbonyl (C=O) groups is 2. The zero-order valence-electron chi connectivity index (χ0n) is 21.8. The third kappa shape index (κ3) is 5.16. The average molecular weight is 488 g/mol. The van der Waals surface area contributed by atoms with E-state index in [9.17, 15) is 9.59 Å². The van der Waals surface area contributed by atoms with E-state index in [0.29, 0.717) is 18.8 Å². The Balaban J connectivity index is 1.45. The molecule has 1 aromatic carbocycles. The predicted octanol–water partition coefficient (Wildman–Crippen LogP) is 6.49. The van der Waals surface area contributed by atoms with E-state index < -0.39 is 5.54 Å². The van der Waals surface area contributed by atoms with E-state index >= 15 is 0 Å². The first-order valence-corrected chi connectivity index (χ1v) is 14.1. The lowest BCUT2D eigenvalue weighted by molar-refractivity contribution is -0.133. The van der Waals surface area contributed by atoms with Crippen LogP contribution < -0.4 is 5.32 Å². The number of hydrogen-bond acceptors (Lipinski definition) is 2. The molecule has 0 spiro atoms. The highest BCUT2D eigenvalue weighted by Gasteiger charge is 2.48. The molecular weight excluding hydrogens is 446 g/mol. The van der Waals surface area contributed by atoms with Crippen LogP contribution in [0.3, 0.4) is 0 Å². The number of nitrogens with one attached hydrogen (secondary N) is 1. The number of hydrogen-bond donors (Lipinski definition) is 1. The summed E-state index contributed by atoms with van der Waals surface area (Å²) >= 11 is 0. The zero-order chi connectivity index (χ0) is 25.0. The van der Waals surface area contributed by atoms with Crippen molar-refractivity contribution in [1.29, 1.82) is 0 Å². The van der Waals surface area contributed by atoms with Crippen molar-refractivity contribution >= 4 is 11.8 Å². The highest BCUT2D eigenvalue weighted by molar-refractivity contribution is 6.00. The van der Waals surface area contributed by atoms with Gasteiger partial charge in [0.2, 0.25) is 5.91 Å². The van der Waals surface area contributed by atoms with Crippen molar-refractivity contribution in [3.63, 3.8) is 0 Å². The second-order valence-electron chi connectivity index (χ2n) is 11.2. The first-order valence-electron chi connectivity index (χ1n) is 14.1. The molecule has 3 aliphatic rings. The fourth-order valence-electron chi connectivity index (χ4n) is 6.31. The normalized spacial score (nSPS) is 23.4. The van der Waals surface area contributed by atoms with Gasteiger partial charge in [0.05, 0.1) is 6.54 Å². The SMILES string of the molecule is CC1(C(=O)NC2CCCCCCC2)Cn2c(ccc2-c2ccccc2)C(=O)N1CCC1=CCCCC1. The molecule has 2 amide bonds. The monoisotopic (exact) mass is 487 g/mol. The Labute approximate surface area is 215 Å². The number of carbonyl (C=O) groups excluding carboxylic acids is 2. The Morgan fingerprint density at radius 2 is 1.67 bits per heavy atom. The Bertz CT molecular complexity index is 1090. The summed E-state index contributed by atoms with van der Waals surface area (Å²) in [5.41, 5.74) is 3.26. The standard InChI is InChI=1S/C31H41N3O2/c1-31(30(36)32-26-17-11-3-2-4-12-18-26)23-33-27(25-15-9-6-10-16-25)19-20-28(33)29(35)34(31)22-21-24-13-7-5-8-14-24/h6,9-10,13,15-16,19-20,26H,2-5,7-8,11-12,14,17-18,21-23H2,1H3,(H,32,36). The van der Waals surface area contributed by atoms with Crippen LogP contribution in [0.15, 0.2) is 54.1 Å². The number of aromatic nitrogens is 1. The van der Waals surface area contributed by atoms with Gasteiger partial charge in [-0.15, -0.1) is 0 Å². The summed E-state index contributed by atoms with van der Waals surface area (Å²) in [6, 6.07) is 14.3. The molecule has 0 radical (unpaired) electrons. The summed E-state index contributed by atoms with van der Waals surface area (Å²) in [5, 5.41) is 3.41. The van der Waals surface area contributed by atoms with Gasteiger partial charge >= 0.3 is 0 Å². The minimum atomic E-state index is -0.926. The van der Waals surface area contributed by atoms with E-state index in [1.165, 1.54) is 50.5 Å². The van der Waals surface area contributed by atoms with Gasteiger partial charge in [-0.25, -0.2) is 0 Å². The van der Waals surface area contributed by atoms with Gasteiger partial charge in [-0.05, 0) is 69.6 Å². The molecule has 1 saturated carbocycles. The highest BCUT2D eigenvalue weighted by atomic mass is 16.2. The minimum absolute atomic E-state index is 0.00240. The average Bonchev–Trinajstić information content (AvgIpc) is 3.30. The van der Waals surface area contributed by atoms with Crippen molar-refractivity contribution in [3.05, 3.63) is 59.8 Å². The molecule has 36 heavy (non-hydrogen) atoms. The van der Waals surface area contributed by atoms with Gasteiger partial charge in [0, 0.05) is 18.3 Å². The molecule has 1 aromatic heterocycles.